The van der Waals surface area contributed by atoms with Gasteiger partial charge in [-0.2, -0.15) is 0 Å². The number of aliphatic hydroxyl groups is 1. The van der Waals surface area contributed by atoms with Crippen LogP contribution in [0.25, 0.3) is 0 Å². The van der Waals surface area contributed by atoms with Gasteiger partial charge < -0.3 is 9.67 Å². The summed E-state index contributed by atoms with van der Waals surface area (Å²) in [4.78, 5) is 0. The van der Waals surface area contributed by atoms with Gasteiger partial charge in [-0.1, -0.05) is 0 Å². The molecule has 0 bridgehead atoms. The Labute approximate surface area is 112 Å². The maximum atomic E-state index is 11.5. The van der Waals surface area contributed by atoms with Gasteiger partial charge >= 0.3 is 0 Å². The Balaban J connectivity index is 1.85. The SMILES string of the molecule is O=S1(=O)CCC(c2nnc3n2CCCC3CO)CC1. The molecule has 1 atom stereocenters. The quantitative estimate of drug-likeness (QED) is 0.852. The molecule has 106 valence electrons. The van der Waals surface area contributed by atoms with E-state index >= 15 is 0 Å². The van der Waals surface area contributed by atoms with Crippen molar-refractivity contribution in [2.45, 2.75) is 44.1 Å². The van der Waals surface area contributed by atoms with E-state index in [-0.39, 0.29) is 29.9 Å². The van der Waals surface area contributed by atoms with Crippen LogP contribution >= 0.6 is 0 Å². The molecule has 7 heteroatoms. The summed E-state index contributed by atoms with van der Waals surface area (Å²) >= 11 is 0. The van der Waals surface area contributed by atoms with Crippen LogP contribution in [-0.4, -0.2) is 46.4 Å². The van der Waals surface area contributed by atoms with Crippen LogP contribution in [0.1, 0.15) is 49.2 Å². The molecule has 1 aromatic rings. The minimum absolute atomic E-state index is 0.0855. The van der Waals surface area contributed by atoms with Crippen LogP contribution in [0.5, 0.6) is 0 Å². The first-order valence-corrected chi connectivity index (χ1v) is 8.67. The van der Waals surface area contributed by atoms with Gasteiger partial charge in [-0.15, -0.1) is 10.2 Å². The van der Waals surface area contributed by atoms with Crippen LogP contribution in [-0.2, 0) is 16.4 Å². The molecule has 1 N–H and O–H groups in total. The lowest BCUT2D eigenvalue weighted by Gasteiger charge is -2.26. The number of aliphatic hydroxyl groups excluding tert-OH is 1. The largest absolute Gasteiger partial charge is 0.396 e. The average Bonchev–Trinajstić information content (AvgIpc) is 2.82. The third-order valence-corrected chi connectivity index (χ3v) is 5.96. The highest BCUT2D eigenvalue weighted by molar-refractivity contribution is 7.91. The van der Waals surface area contributed by atoms with Crippen LogP contribution in [0, 0.1) is 0 Å². The third kappa shape index (κ3) is 2.41. The number of fused-ring (bicyclic) bond motifs is 1. The second-order valence-corrected chi connectivity index (χ2v) is 7.82. The molecule has 2 aliphatic heterocycles. The summed E-state index contributed by atoms with van der Waals surface area (Å²) in [5.74, 6) is 2.58. The van der Waals surface area contributed by atoms with Gasteiger partial charge in [0.1, 0.15) is 21.5 Å². The summed E-state index contributed by atoms with van der Waals surface area (Å²) in [6.07, 6.45) is 3.26. The molecule has 6 nitrogen and oxygen atoms in total. The summed E-state index contributed by atoms with van der Waals surface area (Å²) in [7, 11) is -2.84. The Kier molecular flexibility index (Phi) is 3.34. The Morgan fingerprint density at radius 2 is 1.84 bits per heavy atom. The second kappa shape index (κ2) is 4.86. The Bertz CT molecular complexity index is 553. The van der Waals surface area contributed by atoms with E-state index in [4.69, 9.17) is 0 Å². The normalized spacial score (nSPS) is 27.1. The van der Waals surface area contributed by atoms with Gasteiger partial charge in [0, 0.05) is 18.4 Å². The van der Waals surface area contributed by atoms with Gasteiger partial charge in [0.15, 0.2) is 0 Å². The first-order chi connectivity index (χ1) is 9.11. The molecule has 0 spiro atoms. The standard InChI is InChI=1S/C12H19N3O3S/c16-8-10-2-1-5-15-11(13-14-12(10)15)9-3-6-19(17,18)7-4-9/h9-10,16H,1-8H2. The van der Waals surface area contributed by atoms with E-state index in [1.807, 2.05) is 0 Å². The topological polar surface area (TPSA) is 85.1 Å². The van der Waals surface area contributed by atoms with Crippen molar-refractivity contribution in [3.05, 3.63) is 11.6 Å². The summed E-state index contributed by atoms with van der Waals surface area (Å²) in [6.45, 7) is 0.995. The minimum Gasteiger partial charge on any atom is -0.396 e. The molecular formula is C12H19N3O3S. The van der Waals surface area contributed by atoms with Crippen LogP contribution in [0.4, 0.5) is 0 Å². The van der Waals surface area contributed by atoms with Crippen LogP contribution < -0.4 is 0 Å². The molecule has 1 unspecified atom stereocenters. The molecule has 3 heterocycles. The number of hydrogen-bond donors (Lipinski definition) is 1. The van der Waals surface area contributed by atoms with Crippen molar-refractivity contribution < 1.29 is 13.5 Å². The lowest BCUT2D eigenvalue weighted by molar-refractivity contribution is 0.236. The highest BCUT2D eigenvalue weighted by atomic mass is 32.2. The van der Waals surface area contributed by atoms with Crippen molar-refractivity contribution in [2.75, 3.05) is 18.1 Å². The molecule has 2 aliphatic rings. The highest BCUT2D eigenvalue weighted by Gasteiger charge is 2.31. The summed E-state index contributed by atoms with van der Waals surface area (Å²) < 4.78 is 25.1. The summed E-state index contributed by atoms with van der Waals surface area (Å²) in [6, 6.07) is 0. The van der Waals surface area contributed by atoms with Gasteiger partial charge in [-0.3, -0.25) is 0 Å². The average molecular weight is 285 g/mol. The molecule has 0 saturated carbocycles. The number of aromatic nitrogens is 3. The summed E-state index contributed by atoms with van der Waals surface area (Å²) in [5, 5.41) is 17.9. The zero-order valence-corrected chi connectivity index (χ0v) is 11.6. The number of rotatable bonds is 2. The van der Waals surface area contributed by atoms with E-state index in [1.165, 1.54) is 0 Å². The van der Waals surface area contributed by atoms with Crippen molar-refractivity contribution in [3.8, 4) is 0 Å². The van der Waals surface area contributed by atoms with E-state index in [9.17, 15) is 13.5 Å². The van der Waals surface area contributed by atoms with Crippen molar-refractivity contribution in [3.63, 3.8) is 0 Å². The zero-order valence-electron chi connectivity index (χ0n) is 10.8. The van der Waals surface area contributed by atoms with E-state index < -0.39 is 9.84 Å². The third-order valence-electron chi connectivity index (χ3n) is 4.25. The maximum absolute atomic E-state index is 11.5. The molecular weight excluding hydrogens is 266 g/mol. The molecule has 1 fully saturated rings. The van der Waals surface area contributed by atoms with Crippen LogP contribution in [0.15, 0.2) is 0 Å². The fourth-order valence-corrected chi connectivity index (χ4v) is 4.60. The molecule has 0 amide bonds. The van der Waals surface area contributed by atoms with E-state index in [2.05, 4.69) is 14.8 Å². The van der Waals surface area contributed by atoms with Crippen molar-refractivity contribution in [1.82, 2.24) is 14.8 Å². The predicted octanol–water partition coefficient (Wildman–Crippen LogP) is 0.440. The lowest BCUT2D eigenvalue weighted by atomic mass is 9.97. The van der Waals surface area contributed by atoms with Gasteiger partial charge in [0.05, 0.1) is 18.1 Å². The first-order valence-electron chi connectivity index (χ1n) is 6.85. The maximum Gasteiger partial charge on any atom is 0.150 e. The predicted molar refractivity (Wildman–Crippen MR) is 69.7 cm³/mol. The number of hydrogen-bond acceptors (Lipinski definition) is 5. The fraction of sp³-hybridized carbons (Fsp3) is 0.833. The first kappa shape index (κ1) is 13.1. The van der Waals surface area contributed by atoms with Gasteiger partial charge in [0.2, 0.25) is 0 Å². The Morgan fingerprint density at radius 1 is 1.16 bits per heavy atom. The highest BCUT2D eigenvalue weighted by Crippen LogP contribution is 2.32. The lowest BCUT2D eigenvalue weighted by Crippen LogP contribution is -2.26. The van der Waals surface area contributed by atoms with Crippen LogP contribution in [0.3, 0.4) is 0 Å². The molecule has 3 rings (SSSR count). The zero-order chi connectivity index (χ0) is 13.5. The van der Waals surface area contributed by atoms with E-state index in [0.717, 1.165) is 31.0 Å². The second-order valence-electron chi connectivity index (χ2n) is 5.52. The monoisotopic (exact) mass is 285 g/mol. The Hall–Kier alpha value is -0.950. The molecule has 1 saturated heterocycles. The molecule has 0 radical (unpaired) electrons. The Morgan fingerprint density at radius 3 is 2.53 bits per heavy atom. The van der Waals surface area contributed by atoms with Gasteiger partial charge in [0.25, 0.3) is 0 Å². The molecule has 1 aromatic heterocycles. The van der Waals surface area contributed by atoms with Crippen molar-refractivity contribution in [2.24, 2.45) is 0 Å². The van der Waals surface area contributed by atoms with E-state index in [1.54, 1.807) is 0 Å². The van der Waals surface area contributed by atoms with Crippen LogP contribution in [0.2, 0.25) is 0 Å². The fourth-order valence-electron chi connectivity index (χ4n) is 3.11. The van der Waals surface area contributed by atoms with Crippen molar-refractivity contribution >= 4 is 9.84 Å². The smallest absolute Gasteiger partial charge is 0.150 e. The molecule has 0 aliphatic carbocycles. The molecule has 19 heavy (non-hydrogen) atoms. The number of sulfone groups is 1. The minimum atomic E-state index is -2.84. The molecule has 0 aromatic carbocycles. The van der Waals surface area contributed by atoms with Gasteiger partial charge in [-0.05, 0) is 25.7 Å². The van der Waals surface area contributed by atoms with Crippen molar-refractivity contribution in [1.29, 1.82) is 0 Å². The number of nitrogens with zero attached hydrogens (tertiary/aromatic N) is 3. The summed E-state index contributed by atoms with van der Waals surface area (Å²) in [5.41, 5.74) is 0. The van der Waals surface area contributed by atoms with E-state index in [0.29, 0.717) is 12.8 Å². The van der Waals surface area contributed by atoms with Gasteiger partial charge in [-0.25, -0.2) is 8.42 Å².